The van der Waals surface area contributed by atoms with E-state index in [1.165, 1.54) is 12.8 Å². The molecule has 142 valence electrons. The molecule has 2 heterocycles. The number of aromatic nitrogens is 2. The summed E-state index contributed by atoms with van der Waals surface area (Å²) in [6.45, 7) is 3.62. The van der Waals surface area contributed by atoms with Crippen LogP contribution in [0.1, 0.15) is 32.6 Å². The van der Waals surface area contributed by atoms with Crippen LogP contribution in [0.15, 0.2) is 48.3 Å². The van der Waals surface area contributed by atoms with Crippen LogP contribution in [-0.2, 0) is 4.74 Å². The average Bonchev–Trinajstić information content (AvgIpc) is 3.31. The summed E-state index contributed by atoms with van der Waals surface area (Å²) in [5.41, 5.74) is 3.86. The predicted molar refractivity (Wildman–Crippen MR) is 107 cm³/mol. The van der Waals surface area contributed by atoms with E-state index >= 15 is 0 Å². The number of rotatable bonds is 7. The van der Waals surface area contributed by atoms with Gasteiger partial charge in [0.15, 0.2) is 0 Å². The molecule has 1 saturated heterocycles. The van der Waals surface area contributed by atoms with Gasteiger partial charge in [0.05, 0.1) is 29.5 Å². The Morgan fingerprint density at radius 2 is 2.26 bits per heavy atom. The largest absolute Gasteiger partial charge is 0.374 e. The Hall–Kier alpha value is -2.60. The van der Waals surface area contributed by atoms with Crippen LogP contribution in [0.4, 0.5) is 10.5 Å². The predicted octanol–water partition coefficient (Wildman–Crippen LogP) is 3.92. The molecular weight excluding hydrogens is 340 g/mol. The van der Waals surface area contributed by atoms with Crippen LogP contribution in [0.3, 0.4) is 0 Å². The van der Waals surface area contributed by atoms with Gasteiger partial charge >= 0.3 is 6.03 Å². The van der Waals surface area contributed by atoms with E-state index in [4.69, 9.17) is 4.74 Å². The average molecular weight is 366 g/mol. The van der Waals surface area contributed by atoms with E-state index in [9.17, 15) is 4.79 Å². The highest BCUT2D eigenvalue weighted by Crippen LogP contribution is 2.29. The van der Waals surface area contributed by atoms with E-state index in [1.54, 1.807) is 6.33 Å². The molecule has 2 N–H and O–H groups in total. The van der Waals surface area contributed by atoms with E-state index < -0.39 is 0 Å². The van der Waals surface area contributed by atoms with Gasteiger partial charge in [-0.2, -0.15) is 0 Å². The fourth-order valence-corrected chi connectivity index (χ4v) is 3.71. The molecule has 27 heavy (non-hydrogen) atoms. The fraction of sp³-hybridized carbons (Fsp3) is 0.429. The SMILES string of the molecule is CCCCCOC1C=CC(C2CNC(=O)N2c2ccc3nc[nH]c3c2)=CC1. The van der Waals surface area contributed by atoms with E-state index in [2.05, 4.69) is 40.4 Å². The Balaban J connectivity index is 1.46. The normalized spacial score (nSPS) is 22.3. The molecular formula is C21H26N4O2. The Bertz CT molecular complexity index is 870. The maximum atomic E-state index is 12.5. The van der Waals surface area contributed by atoms with E-state index in [1.807, 2.05) is 23.1 Å². The number of anilines is 1. The van der Waals surface area contributed by atoms with Crippen molar-refractivity contribution in [1.82, 2.24) is 15.3 Å². The minimum Gasteiger partial charge on any atom is -0.374 e. The number of carbonyl (C=O) groups excluding carboxylic acids is 1. The smallest absolute Gasteiger partial charge is 0.322 e. The van der Waals surface area contributed by atoms with Crippen molar-refractivity contribution >= 4 is 22.8 Å². The molecule has 1 aromatic carbocycles. The number of hydrogen-bond acceptors (Lipinski definition) is 3. The van der Waals surface area contributed by atoms with Crippen LogP contribution >= 0.6 is 0 Å². The molecule has 1 aliphatic heterocycles. The van der Waals surface area contributed by atoms with Crippen LogP contribution < -0.4 is 10.2 Å². The molecule has 2 aromatic rings. The molecule has 0 saturated carbocycles. The molecule has 2 aliphatic rings. The van der Waals surface area contributed by atoms with Gasteiger partial charge in [-0.05, 0) is 36.6 Å². The van der Waals surface area contributed by atoms with Gasteiger partial charge in [0.2, 0.25) is 0 Å². The molecule has 2 amide bonds. The van der Waals surface area contributed by atoms with Gasteiger partial charge in [0, 0.05) is 18.8 Å². The van der Waals surface area contributed by atoms with Crippen molar-refractivity contribution in [2.24, 2.45) is 0 Å². The van der Waals surface area contributed by atoms with Crippen molar-refractivity contribution in [3.05, 3.63) is 48.3 Å². The number of ether oxygens (including phenoxy) is 1. The van der Waals surface area contributed by atoms with Crippen molar-refractivity contribution in [1.29, 1.82) is 0 Å². The highest BCUT2D eigenvalue weighted by atomic mass is 16.5. The number of benzene rings is 1. The summed E-state index contributed by atoms with van der Waals surface area (Å²) >= 11 is 0. The Morgan fingerprint density at radius 1 is 1.33 bits per heavy atom. The van der Waals surface area contributed by atoms with Crippen LogP contribution in [0.2, 0.25) is 0 Å². The molecule has 1 aromatic heterocycles. The third-order valence-corrected chi connectivity index (χ3v) is 5.21. The van der Waals surface area contributed by atoms with Crippen molar-refractivity contribution in [3.63, 3.8) is 0 Å². The summed E-state index contributed by atoms with van der Waals surface area (Å²) in [6.07, 6.45) is 12.6. The third-order valence-electron chi connectivity index (χ3n) is 5.21. The van der Waals surface area contributed by atoms with E-state index in [0.717, 1.165) is 41.7 Å². The summed E-state index contributed by atoms with van der Waals surface area (Å²) in [4.78, 5) is 21.7. The zero-order valence-electron chi connectivity index (χ0n) is 15.6. The fourth-order valence-electron chi connectivity index (χ4n) is 3.71. The lowest BCUT2D eigenvalue weighted by Gasteiger charge is -2.26. The summed E-state index contributed by atoms with van der Waals surface area (Å²) in [5, 5.41) is 2.97. The van der Waals surface area contributed by atoms with Crippen molar-refractivity contribution in [2.45, 2.75) is 44.8 Å². The number of nitrogens with one attached hydrogen (secondary N) is 2. The second kappa shape index (κ2) is 7.96. The Kier molecular flexibility index (Phi) is 5.25. The molecule has 6 nitrogen and oxygen atoms in total. The highest BCUT2D eigenvalue weighted by molar-refractivity contribution is 5.97. The molecule has 0 bridgehead atoms. The van der Waals surface area contributed by atoms with Gasteiger partial charge in [0.25, 0.3) is 0 Å². The second-order valence-corrected chi connectivity index (χ2v) is 7.09. The number of nitrogens with zero attached hydrogens (tertiary/aromatic N) is 2. The quantitative estimate of drug-likeness (QED) is 0.730. The number of carbonyl (C=O) groups is 1. The highest BCUT2D eigenvalue weighted by Gasteiger charge is 2.34. The minimum atomic E-state index is -0.0638. The Morgan fingerprint density at radius 3 is 3.07 bits per heavy atom. The maximum absolute atomic E-state index is 12.5. The second-order valence-electron chi connectivity index (χ2n) is 7.09. The number of amides is 2. The number of hydrogen-bond donors (Lipinski definition) is 2. The van der Waals surface area contributed by atoms with Crippen LogP contribution in [0.25, 0.3) is 11.0 Å². The van der Waals surface area contributed by atoms with Gasteiger partial charge in [-0.15, -0.1) is 0 Å². The first kappa shape index (κ1) is 17.8. The first-order valence-corrected chi connectivity index (χ1v) is 9.76. The molecule has 2 unspecified atom stereocenters. The van der Waals surface area contributed by atoms with E-state index in [0.29, 0.717) is 6.54 Å². The minimum absolute atomic E-state index is 0.00448. The van der Waals surface area contributed by atoms with Crippen LogP contribution in [0, 0.1) is 0 Å². The topological polar surface area (TPSA) is 70.2 Å². The molecule has 0 radical (unpaired) electrons. The number of H-pyrrole nitrogens is 1. The van der Waals surface area contributed by atoms with Crippen molar-refractivity contribution < 1.29 is 9.53 Å². The van der Waals surface area contributed by atoms with Crippen LogP contribution in [-0.4, -0.2) is 41.3 Å². The summed E-state index contributed by atoms with van der Waals surface area (Å²) in [7, 11) is 0. The first-order chi connectivity index (χ1) is 13.3. The first-order valence-electron chi connectivity index (χ1n) is 9.76. The lowest BCUT2D eigenvalue weighted by molar-refractivity contribution is 0.0831. The maximum Gasteiger partial charge on any atom is 0.322 e. The molecule has 4 rings (SSSR count). The lowest BCUT2D eigenvalue weighted by Crippen LogP contribution is -2.35. The molecule has 0 spiro atoms. The van der Waals surface area contributed by atoms with Gasteiger partial charge < -0.3 is 15.0 Å². The number of unbranched alkanes of at least 4 members (excludes halogenated alkanes) is 2. The molecule has 2 atom stereocenters. The zero-order valence-corrected chi connectivity index (χ0v) is 15.6. The van der Waals surface area contributed by atoms with Gasteiger partial charge in [0.1, 0.15) is 0 Å². The van der Waals surface area contributed by atoms with Gasteiger partial charge in [-0.25, -0.2) is 9.78 Å². The number of urea groups is 1. The number of aromatic amines is 1. The lowest BCUT2D eigenvalue weighted by atomic mass is 9.98. The van der Waals surface area contributed by atoms with Gasteiger partial charge in [-0.1, -0.05) is 38.0 Å². The summed E-state index contributed by atoms with van der Waals surface area (Å²) in [5.74, 6) is 0. The van der Waals surface area contributed by atoms with Crippen LogP contribution in [0.5, 0.6) is 0 Å². The van der Waals surface area contributed by atoms with Crippen molar-refractivity contribution in [2.75, 3.05) is 18.1 Å². The number of fused-ring (bicyclic) bond motifs is 1. The van der Waals surface area contributed by atoms with E-state index in [-0.39, 0.29) is 18.2 Å². The monoisotopic (exact) mass is 366 g/mol. The molecule has 1 aliphatic carbocycles. The zero-order chi connectivity index (χ0) is 18.6. The molecule has 6 heteroatoms. The standard InChI is InChI=1S/C21H26N4O2/c1-2-3-4-11-27-17-8-5-15(6-9-17)20-13-22-21(26)25(20)16-7-10-18-19(12-16)24-14-23-18/h5-8,10,12,14,17,20H,2-4,9,11,13H2,1H3,(H,22,26)(H,23,24). The summed E-state index contributed by atoms with van der Waals surface area (Å²) < 4.78 is 5.93. The Labute approximate surface area is 159 Å². The molecule has 1 fully saturated rings. The van der Waals surface area contributed by atoms with Gasteiger partial charge in [-0.3, -0.25) is 4.90 Å². The third kappa shape index (κ3) is 3.76. The number of imidazole rings is 1. The summed E-state index contributed by atoms with van der Waals surface area (Å²) in [6, 6.07) is 5.80. The van der Waals surface area contributed by atoms with Crippen molar-refractivity contribution in [3.8, 4) is 0 Å².